The Balaban J connectivity index is 1.20. The van der Waals surface area contributed by atoms with Crippen LogP contribution in [0.4, 0.5) is 27.1 Å². The van der Waals surface area contributed by atoms with Crippen molar-refractivity contribution >= 4 is 44.6 Å². The summed E-state index contributed by atoms with van der Waals surface area (Å²) in [5.41, 5.74) is 11.0. The molecule has 1 aliphatic rings. The maximum atomic E-state index is 16.4. The first kappa shape index (κ1) is 39.2. The molecule has 0 fully saturated rings. The second-order valence-electron chi connectivity index (χ2n) is 20.1. The van der Waals surface area contributed by atoms with Gasteiger partial charge >= 0.3 is 0 Å². The third-order valence-electron chi connectivity index (χ3n) is 11.6. The molecule has 5 nitrogen and oxygen atoms in total. The minimum absolute atomic E-state index is 0.0129. The lowest BCUT2D eigenvalue weighted by atomic mass is 9.80. The van der Waals surface area contributed by atoms with E-state index in [9.17, 15) is 0 Å². The van der Waals surface area contributed by atoms with E-state index in [-0.39, 0.29) is 27.5 Å². The Morgan fingerprint density at radius 3 is 1.83 bits per heavy atom. The van der Waals surface area contributed by atoms with Crippen molar-refractivity contribution in [1.82, 2.24) is 9.55 Å². The van der Waals surface area contributed by atoms with Crippen molar-refractivity contribution in [1.29, 1.82) is 0 Å². The van der Waals surface area contributed by atoms with Gasteiger partial charge in [0, 0.05) is 46.5 Å². The molecule has 0 radical (unpaired) electrons. The van der Waals surface area contributed by atoms with Crippen LogP contribution in [-0.4, -0.2) is 16.2 Å². The molecule has 0 amide bonds. The molecule has 0 N–H and O–H groups in total. The Labute approximate surface area is 344 Å². The monoisotopic (exact) mass is 772 g/mol. The van der Waals surface area contributed by atoms with E-state index >= 15 is 4.39 Å². The summed E-state index contributed by atoms with van der Waals surface area (Å²) in [6.07, 6.45) is 1.84. The van der Waals surface area contributed by atoms with Crippen LogP contribution in [-0.2, 0) is 21.7 Å². The van der Waals surface area contributed by atoms with Crippen LogP contribution >= 0.6 is 0 Å². The molecule has 3 heterocycles. The summed E-state index contributed by atoms with van der Waals surface area (Å²) in [5.74, 6) is 1.45. The van der Waals surface area contributed by atoms with Crippen molar-refractivity contribution in [2.45, 2.75) is 105 Å². The molecule has 0 saturated heterocycles. The minimum Gasteiger partial charge on any atom is -0.457 e. The van der Waals surface area contributed by atoms with Gasteiger partial charge in [-0.3, -0.25) is 4.57 Å². The molecule has 0 unspecified atom stereocenters. The summed E-state index contributed by atoms with van der Waals surface area (Å²) in [7, 11) is 0. The fourth-order valence-electron chi connectivity index (χ4n) is 7.99. The Morgan fingerprint density at radius 1 is 0.517 bits per heavy atom. The number of ether oxygens (including phenoxy) is 1. The number of aromatic nitrogens is 2. The van der Waals surface area contributed by atoms with Crippen molar-refractivity contribution in [3.05, 3.63) is 143 Å². The number of pyridine rings is 1. The van der Waals surface area contributed by atoms with E-state index in [1.165, 1.54) is 34.1 Å². The first-order valence-corrected chi connectivity index (χ1v) is 20.5. The Bertz CT molecular complexity index is 2660. The molecule has 5 aromatic carbocycles. The van der Waals surface area contributed by atoms with Gasteiger partial charge in [-0.2, -0.15) is 0 Å². The molecule has 2 aromatic heterocycles. The highest BCUT2D eigenvalue weighted by atomic mass is 19.1. The van der Waals surface area contributed by atoms with Crippen LogP contribution in [0.5, 0.6) is 11.5 Å². The van der Waals surface area contributed by atoms with Gasteiger partial charge in [-0.1, -0.05) is 119 Å². The summed E-state index contributed by atoms with van der Waals surface area (Å²) in [5, 5.41) is 1.38. The quantitative estimate of drug-likeness (QED) is 0.174. The van der Waals surface area contributed by atoms with Crippen LogP contribution < -0.4 is 14.5 Å². The van der Waals surface area contributed by atoms with Crippen molar-refractivity contribution in [2.24, 2.45) is 0 Å². The number of hydrogen-bond donors (Lipinski definition) is 0. The molecule has 6 heteroatoms. The average Bonchev–Trinajstić information content (AvgIpc) is 3.70. The zero-order valence-electron chi connectivity index (χ0n) is 36.3. The van der Waals surface area contributed by atoms with E-state index < -0.39 is 0 Å². The number of rotatable bonds is 5. The lowest BCUT2D eigenvalue weighted by Gasteiger charge is -2.29. The fourth-order valence-corrected chi connectivity index (χ4v) is 7.99. The van der Waals surface area contributed by atoms with Gasteiger partial charge < -0.3 is 14.5 Å². The van der Waals surface area contributed by atoms with E-state index in [1.807, 2.05) is 59.3 Å². The lowest BCUT2D eigenvalue weighted by Crippen LogP contribution is -2.25. The van der Waals surface area contributed by atoms with Gasteiger partial charge in [0.25, 0.3) is 0 Å². The predicted molar refractivity (Wildman–Crippen MR) is 242 cm³/mol. The van der Waals surface area contributed by atoms with Gasteiger partial charge in [0.15, 0.2) is 0 Å². The molecule has 298 valence electrons. The molecule has 0 aliphatic carbocycles. The Kier molecular flexibility index (Phi) is 9.30. The van der Waals surface area contributed by atoms with Crippen LogP contribution in [0, 0.1) is 5.82 Å². The summed E-state index contributed by atoms with van der Waals surface area (Å²) in [4.78, 5) is 9.59. The second kappa shape index (κ2) is 13.8. The zero-order chi connectivity index (χ0) is 41.5. The fraction of sp³-hybridized carbons (Fsp3) is 0.327. The summed E-state index contributed by atoms with van der Waals surface area (Å²) in [6, 6.07) is 37.6. The van der Waals surface area contributed by atoms with Crippen LogP contribution in [0.3, 0.4) is 0 Å². The highest BCUT2D eigenvalue weighted by Crippen LogP contribution is 2.48. The second-order valence-corrected chi connectivity index (χ2v) is 20.1. The number of hydrogen-bond acceptors (Lipinski definition) is 4. The van der Waals surface area contributed by atoms with Gasteiger partial charge in [-0.15, -0.1) is 0 Å². The van der Waals surface area contributed by atoms with Gasteiger partial charge in [-0.05, 0) is 98.5 Å². The number of para-hydroxylation sites is 1. The van der Waals surface area contributed by atoms with E-state index in [2.05, 4.69) is 147 Å². The summed E-state index contributed by atoms with van der Waals surface area (Å²) < 4.78 is 25.0. The summed E-state index contributed by atoms with van der Waals surface area (Å²) in [6.45, 7) is 27.7. The molecule has 7 aromatic rings. The van der Waals surface area contributed by atoms with Crippen molar-refractivity contribution in [3.8, 4) is 17.3 Å². The third-order valence-corrected chi connectivity index (χ3v) is 11.6. The van der Waals surface area contributed by atoms with Crippen molar-refractivity contribution < 1.29 is 9.13 Å². The lowest BCUT2D eigenvalue weighted by molar-refractivity contribution is 0.478. The number of benzene rings is 5. The van der Waals surface area contributed by atoms with E-state index in [0.29, 0.717) is 29.1 Å². The Hall–Kier alpha value is -5.62. The first-order chi connectivity index (χ1) is 27.2. The number of halogens is 1. The number of nitrogens with zero attached hydrogens (tertiary/aromatic N) is 4. The summed E-state index contributed by atoms with van der Waals surface area (Å²) >= 11 is 0. The molecule has 1 aliphatic heterocycles. The van der Waals surface area contributed by atoms with E-state index in [4.69, 9.17) is 9.72 Å². The molecular weight excluding hydrogens is 716 g/mol. The Morgan fingerprint density at radius 2 is 1.16 bits per heavy atom. The molecule has 0 saturated carbocycles. The zero-order valence-corrected chi connectivity index (χ0v) is 36.3. The minimum atomic E-state index is -0.337. The van der Waals surface area contributed by atoms with Crippen LogP contribution in [0.25, 0.3) is 27.6 Å². The van der Waals surface area contributed by atoms with Gasteiger partial charge in [0.1, 0.15) is 29.8 Å². The predicted octanol–water partition coefficient (Wildman–Crippen LogP) is 14.5. The molecule has 0 spiro atoms. The van der Waals surface area contributed by atoms with Crippen molar-refractivity contribution in [3.63, 3.8) is 0 Å². The third kappa shape index (κ3) is 7.23. The number of anilines is 4. The molecule has 58 heavy (non-hydrogen) atoms. The van der Waals surface area contributed by atoms with Gasteiger partial charge in [0.05, 0.1) is 22.4 Å². The van der Waals surface area contributed by atoms with Crippen molar-refractivity contribution in [2.75, 3.05) is 16.5 Å². The van der Waals surface area contributed by atoms with Crippen LogP contribution in [0.1, 0.15) is 105 Å². The van der Waals surface area contributed by atoms with Crippen LogP contribution in [0.2, 0.25) is 0 Å². The molecule has 0 atom stereocenters. The maximum Gasteiger partial charge on any atom is 0.137 e. The molecule has 8 rings (SSSR count). The highest BCUT2D eigenvalue weighted by Gasteiger charge is 2.32. The van der Waals surface area contributed by atoms with Gasteiger partial charge in [-0.25, -0.2) is 9.37 Å². The first-order valence-electron chi connectivity index (χ1n) is 20.5. The highest BCUT2D eigenvalue weighted by molar-refractivity contribution is 6.09. The normalized spacial score (nSPS) is 13.8. The van der Waals surface area contributed by atoms with Crippen LogP contribution in [0.15, 0.2) is 115 Å². The SMILES string of the molecule is CC(C)(C)c1cc(N2CN(c3cccc(Oc4cc(F)c5c6ccccc6n(-c6cc(C(C)(C)C)ccn6)c5c4)c3)c3ccc(C(C)(C)C)cc32)cc(C(C)(C)C)c1. The largest absolute Gasteiger partial charge is 0.457 e. The van der Waals surface area contributed by atoms with E-state index in [1.54, 1.807) is 0 Å². The molecule has 0 bridgehead atoms. The standard InChI is InChI=1S/C52H57FN4O/c1-49(2,3)33-20-21-44-45(27-33)56(38-25-35(51(7,8)9)24-36(26-38)52(10,11)12)32-55(44)37-16-15-17-39(29-37)58-40-30-42(53)48-41-18-13-14-19-43(41)57(46(48)31-40)47-28-34(22-23-54-47)50(4,5)6/h13-31H,32H2,1-12H3. The number of fused-ring (bicyclic) bond motifs is 4. The topological polar surface area (TPSA) is 33.5 Å². The van der Waals surface area contributed by atoms with E-state index in [0.717, 1.165) is 33.7 Å². The smallest absolute Gasteiger partial charge is 0.137 e. The average molecular weight is 773 g/mol. The molecular formula is C52H57FN4O. The maximum absolute atomic E-state index is 16.4. The van der Waals surface area contributed by atoms with Gasteiger partial charge in [0.2, 0.25) is 0 Å².